The summed E-state index contributed by atoms with van der Waals surface area (Å²) in [6.45, 7) is 12.1. The molecule has 0 heterocycles. The minimum atomic E-state index is -0.955. The maximum Gasteiger partial charge on any atom is 0.335 e. The van der Waals surface area contributed by atoms with Crippen LogP contribution in [0.1, 0.15) is 62.3 Å². The third-order valence-electron chi connectivity index (χ3n) is 3.88. The fourth-order valence-electron chi connectivity index (χ4n) is 3.26. The van der Waals surface area contributed by atoms with Gasteiger partial charge >= 0.3 is 5.97 Å². The van der Waals surface area contributed by atoms with Crippen molar-refractivity contribution in [2.24, 2.45) is 0 Å². The number of carbonyl (C=O) groups is 2. The second-order valence-corrected chi connectivity index (χ2v) is 8.06. The van der Waals surface area contributed by atoms with Gasteiger partial charge in [0.25, 0.3) is 5.91 Å². The highest BCUT2D eigenvalue weighted by Crippen LogP contribution is 2.28. The van der Waals surface area contributed by atoms with Crippen molar-refractivity contribution in [3.63, 3.8) is 0 Å². The Bertz CT molecular complexity index is 781. The molecule has 2 aromatic carbocycles. The van der Waals surface area contributed by atoms with Crippen molar-refractivity contribution in [1.29, 1.82) is 0 Å². The van der Waals surface area contributed by atoms with Gasteiger partial charge in [0.1, 0.15) is 0 Å². The van der Waals surface area contributed by atoms with E-state index in [0.29, 0.717) is 5.56 Å². The van der Waals surface area contributed by atoms with E-state index in [1.165, 1.54) is 0 Å². The van der Waals surface area contributed by atoms with Gasteiger partial charge < -0.3 is 10.0 Å². The lowest BCUT2D eigenvalue weighted by atomic mass is 9.94. The standard InChI is InChI=1S/C20H25NO3/c1-19(2,3)21(20(4,5)6)17(22)15-9-7-14-12-16(18(23)24)10-8-13(14)11-15/h7-12H,1-6H3,(H,23,24). The number of carboxylic acids is 1. The number of benzene rings is 2. The van der Waals surface area contributed by atoms with Crippen molar-refractivity contribution in [3.8, 4) is 0 Å². The van der Waals surface area contributed by atoms with E-state index in [1.54, 1.807) is 30.3 Å². The van der Waals surface area contributed by atoms with Gasteiger partial charge in [0, 0.05) is 16.6 Å². The van der Waals surface area contributed by atoms with Gasteiger partial charge in [0.2, 0.25) is 0 Å². The fraction of sp³-hybridized carbons (Fsp3) is 0.400. The molecule has 0 spiro atoms. The van der Waals surface area contributed by atoms with Gasteiger partial charge in [-0.05, 0) is 76.6 Å². The average molecular weight is 327 g/mol. The van der Waals surface area contributed by atoms with Crippen LogP contribution in [0.2, 0.25) is 0 Å². The number of carbonyl (C=O) groups excluding carboxylic acids is 1. The molecule has 0 atom stereocenters. The lowest BCUT2D eigenvalue weighted by Gasteiger charge is -2.45. The molecule has 0 unspecified atom stereocenters. The smallest absolute Gasteiger partial charge is 0.335 e. The lowest BCUT2D eigenvalue weighted by Crippen LogP contribution is -2.55. The zero-order chi connectivity index (χ0) is 18.3. The van der Waals surface area contributed by atoms with Gasteiger partial charge in [-0.1, -0.05) is 12.1 Å². The van der Waals surface area contributed by atoms with Crippen molar-refractivity contribution >= 4 is 22.6 Å². The minimum absolute atomic E-state index is 0.0285. The third kappa shape index (κ3) is 3.58. The Morgan fingerprint density at radius 1 is 0.792 bits per heavy atom. The zero-order valence-electron chi connectivity index (χ0n) is 15.2. The summed E-state index contributed by atoms with van der Waals surface area (Å²) in [5.74, 6) is -0.983. The molecule has 4 heteroatoms. The summed E-state index contributed by atoms with van der Waals surface area (Å²) < 4.78 is 0. The van der Waals surface area contributed by atoms with E-state index in [-0.39, 0.29) is 22.5 Å². The highest BCUT2D eigenvalue weighted by molar-refractivity contribution is 6.01. The van der Waals surface area contributed by atoms with E-state index in [4.69, 9.17) is 5.11 Å². The second kappa shape index (κ2) is 5.93. The molecule has 24 heavy (non-hydrogen) atoms. The van der Waals surface area contributed by atoms with Gasteiger partial charge in [-0.15, -0.1) is 0 Å². The first kappa shape index (κ1) is 18.0. The first-order valence-electron chi connectivity index (χ1n) is 8.03. The molecule has 0 fully saturated rings. The number of rotatable bonds is 2. The topological polar surface area (TPSA) is 57.6 Å². The fourth-order valence-corrected chi connectivity index (χ4v) is 3.26. The second-order valence-electron chi connectivity index (χ2n) is 8.06. The first-order valence-corrected chi connectivity index (χ1v) is 8.03. The number of hydrogen-bond donors (Lipinski definition) is 1. The maximum absolute atomic E-state index is 13.1. The minimum Gasteiger partial charge on any atom is -0.478 e. The van der Waals surface area contributed by atoms with Gasteiger partial charge in [0.05, 0.1) is 5.56 Å². The Labute approximate surface area is 143 Å². The molecule has 0 bridgehead atoms. The van der Waals surface area contributed by atoms with Crippen LogP contribution in [0.25, 0.3) is 10.8 Å². The quantitative estimate of drug-likeness (QED) is 0.878. The van der Waals surface area contributed by atoms with Crippen molar-refractivity contribution in [1.82, 2.24) is 4.90 Å². The van der Waals surface area contributed by atoms with Crippen LogP contribution in [0.15, 0.2) is 36.4 Å². The Morgan fingerprint density at radius 3 is 1.62 bits per heavy atom. The molecule has 2 aromatic rings. The first-order chi connectivity index (χ1) is 10.9. The molecule has 0 aliphatic rings. The molecular formula is C20H25NO3. The lowest BCUT2D eigenvalue weighted by molar-refractivity contribution is 0.0270. The molecular weight excluding hydrogens is 302 g/mol. The molecule has 0 saturated heterocycles. The predicted octanol–water partition coefficient (Wildman–Crippen LogP) is 4.58. The van der Waals surface area contributed by atoms with Gasteiger partial charge in [-0.3, -0.25) is 4.79 Å². The van der Waals surface area contributed by atoms with Gasteiger partial charge in [0.15, 0.2) is 0 Å². The van der Waals surface area contributed by atoms with Crippen LogP contribution in [-0.2, 0) is 0 Å². The van der Waals surface area contributed by atoms with E-state index in [0.717, 1.165) is 10.8 Å². The summed E-state index contributed by atoms with van der Waals surface area (Å²) >= 11 is 0. The summed E-state index contributed by atoms with van der Waals surface area (Å²) in [7, 11) is 0. The maximum atomic E-state index is 13.1. The van der Waals surface area contributed by atoms with Crippen LogP contribution in [0.3, 0.4) is 0 Å². The number of fused-ring (bicyclic) bond motifs is 1. The van der Waals surface area contributed by atoms with Crippen molar-refractivity contribution in [2.45, 2.75) is 52.6 Å². The Hall–Kier alpha value is -2.36. The van der Waals surface area contributed by atoms with Crippen LogP contribution >= 0.6 is 0 Å². The van der Waals surface area contributed by atoms with E-state index in [1.807, 2.05) is 52.5 Å². The molecule has 1 N–H and O–H groups in total. The molecule has 1 amide bonds. The van der Waals surface area contributed by atoms with Crippen molar-refractivity contribution < 1.29 is 14.7 Å². The highest BCUT2D eigenvalue weighted by atomic mass is 16.4. The Balaban J connectivity index is 2.49. The molecule has 4 nitrogen and oxygen atoms in total. The summed E-state index contributed by atoms with van der Waals surface area (Å²) in [5, 5.41) is 10.7. The van der Waals surface area contributed by atoms with Crippen LogP contribution in [-0.4, -0.2) is 33.0 Å². The average Bonchev–Trinajstić information content (AvgIpc) is 2.42. The Kier molecular flexibility index (Phi) is 4.44. The van der Waals surface area contributed by atoms with Crippen LogP contribution < -0.4 is 0 Å². The molecule has 0 aliphatic heterocycles. The number of aromatic carboxylic acids is 1. The SMILES string of the molecule is CC(C)(C)N(C(=O)c1ccc2cc(C(=O)O)ccc2c1)C(C)(C)C. The zero-order valence-corrected chi connectivity index (χ0v) is 15.2. The number of amides is 1. The summed E-state index contributed by atoms with van der Waals surface area (Å²) in [6.07, 6.45) is 0. The van der Waals surface area contributed by atoms with Crippen molar-refractivity contribution in [2.75, 3.05) is 0 Å². The molecule has 0 aromatic heterocycles. The van der Waals surface area contributed by atoms with Crippen molar-refractivity contribution in [3.05, 3.63) is 47.5 Å². The third-order valence-corrected chi connectivity index (χ3v) is 3.88. The highest BCUT2D eigenvalue weighted by Gasteiger charge is 2.36. The van der Waals surface area contributed by atoms with E-state index in [2.05, 4.69) is 0 Å². The predicted molar refractivity (Wildman–Crippen MR) is 96.6 cm³/mol. The van der Waals surface area contributed by atoms with Gasteiger partial charge in [-0.2, -0.15) is 0 Å². The molecule has 2 rings (SSSR count). The van der Waals surface area contributed by atoms with Gasteiger partial charge in [-0.25, -0.2) is 4.79 Å². The summed E-state index contributed by atoms with van der Waals surface area (Å²) in [6, 6.07) is 10.3. The van der Waals surface area contributed by atoms with Crippen LogP contribution in [0.5, 0.6) is 0 Å². The van der Waals surface area contributed by atoms with E-state index < -0.39 is 5.97 Å². The van der Waals surface area contributed by atoms with Crippen LogP contribution in [0.4, 0.5) is 0 Å². The summed E-state index contributed by atoms with van der Waals surface area (Å²) in [5.41, 5.74) is 0.234. The number of nitrogens with zero attached hydrogens (tertiary/aromatic N) is 1. The summed E-state index contributed by atoms with van der Waals surface area (Å²) in [4.78, 5) is 26.0. The molecule has 0 aliphatic carbocycles. The number of hydrogen-bond acceptors (Lipinski definition) is 2. The largest absolute Gasteiger partial charge is 0.478 e. The monoisotopic (exact) mass is 327 g/mol. The molecule has 128 valence electrons. The Morgan fingerprint density at radius 2 is 1.21 bits per heavy atom. The number of carboxylic acid groups (broad SMARTS) is 1. The molecule has 0 radical (unpaired) electrons. The van der Waals surface area contributed by atoms with E-state index in [9.17, 15) is 9.59 Å². The normalized spacial score (nSPS) is 12.2. The van der Waals surface area contributed by atoms with Crippen LogP contribution in [0, 0.1) is 0 Å². The molecule has 0 saturated carbocycles. The van der Waals surface area contributed by atoms with E-state index >= 15 is 0 Å².